The maximum Gasteiger partial charge on any atom is 0.251 e. The highest BCUT2D eigenvalue weighted by Crippen LogP contribution is 2.21. The second kappa shape index (κ2) is 8.07. The summed E-state index contributed by atoms with van der Waals surface area (Å²) in [5, 5.41) is 4.01. The number of amides is 1. The van der Waals surface area contributed by atoms with Crippen molar-refractivity contribution in [3.63, 3.8) is 0 Å². The Morgan fingerprint density at radius 1 is 1.29 bits per heavy atom. The van der Waals surface area contributed by atoms with Crippen molar-refractivity contribution in [3.05, 3.63) is 11.7 Å². The van der Waals surface area contributed by atoms with Crippen molar-refractivity contribution in [1.29, 1.82) is 0 Å². The van der Waals surface area contributed by atoms with E-state index in [1.165, 1.54) is 0 Å². The van der Waals surface area contributed by atoms with Crippen molar-refractivity contribution in [2.24, 2.45) is 0 Å². The molecule has 2 atom stereocenters. The molecule has 0 radical (unpaired) electrons. The average molecular weight is 336 g/mol. The third-order valence-corrected chi connectivity index (χ3v) is 5.05. The largest absolute Gasteiger partial charge is 0.368 e. The normalized spacial score (nSPS) is 25.2. The van der Waals surface area contributed by atoms with E-state index < -0.39 is 0 Å². The van der Waals surface area contributed by atoms with Crippen molar-refractivity contribution in [3.8, 4) is 0 Å². The van der Waals surface area contributed by atoms with Crippen LogP contribution in [0.5, 0.6) is 0 Å². The second-order valence-electron chi connectivity index (χ2n) is 6.70. The van der Waals surface area contributed by atoms with E-state index >= 15 is 0 Å². The van der Waals surface area contributed by atoms with Crippen LogP contribution in [0.25, 0.3) is 0 Å². The quantitative estimate of drug-likeness (QED) is 0.816. The fourth-order valence-electron chi connectivity index (χ4n) is 3.73. The van der Waals surface area contributed by atoms with E-state index in [4.69, 9.17) is 9.26 Å². The van der Waals surface area contributed by atoms with Gasteiger partial charge in [-0.05, 0) is 38.6 Å². The van der Waals surface area contributed by atoms with Crippen molar-refractivity contribution in [1.82, 2.24) is 19.9 Å². The van der Waals surface area contributed by atoms with E-state index in [-0.39, 0.29) is 12.0 Å². The summed E-state index contributed by atoms with van der Waals surface area (Å²) >= 11 is 0. The molecule has 2 saturated heterocycles. The van der Waals surface area contributed by atoms with Gasteiger partial charge in [0.2, 0.25) is 5.89 Å². The summed E-state index contributed by atoms with van der Waals surface area (Å²) in [7, 11) is 0. The lowest BCUT2D eigenvalue weighted by Crippen LogP contribution is -2.40. The topological polar surface area (TPSA) is 71.7 Å². The minimum Gasteiger partial charge on any atom is -0.368 e. The molecule has 1 aromatic rings. The van der Waals surface area contributed by atoms with Gasteiger partial charge >= 0.3 is 0 Å². The molecule has 0 aromatic carbocycles. The molecule has 0 aliphatic carbocycles. The lowest BCUT2D eigenvalue weighted by atomic mass is 10.1. The van der Waals surface area contributed by atoms with Crippen LogP contribution < -0.4 is 0 Å². The summed E-state index contributed by atoms with van der Waals surface area (Å²) in [6, 6.07) is 0.455. The Balaban J connectivity index is 1.56. The molecule has 7 nitrogen and oxygen atoms in total. The Morgan fingerprint density at radius 3 is 2.83 bits per heavy atom. The molecule has 0 N–H and O–H groups in total. The lowest BCUT2D eigenvalue weighted by Gasteiger charge is -2.29. The molecule has 7 heteroatoms. The molecule has 0 saturated carbocycles. The average Bonchev–Trinajstić information content (AvgIpc) is 3.19. The first-order valence-corrected chi connectivity index (χ1v) is 9.11. The van der Waals surface area contributed by atoms with Gasteiger partial charge in [0.25, 0.3) is 5.91 Å². The Bertz CT molecular complexity index is 542. The van der Waals surface area contributed by atoms with E-state index in [1.807, 2.05) is 11.8 Å². The molecule has 1 amide bonds. The fourth-order valence-corrected chi connectivity index (χ4v) is 3.73. The third-order valence-electron chi connectivity index (χ3n) is 5.05. The third kappa shape index (κ3) is 4.13. The highest BCUT2D eigenvalue weighted by Gasteiger charge is 2.30. The summed E-state index contributed by atoms with van der Waals surface area (Å²) in [6.07, 6.45) is 4.79. The van der Waals surface area contributed by atoms with Gasteiger partial charge in [0.15, 0.2) is 5.82 Å². The Kier molecular flexibility index (Phi) is 5.84. The number of rotatable bonds is 5. The highest BCUT2D eigenvalue weighted by atomic mass is 16.5. The molecule has 134 valence electrons. The van der Waals surface area contributed by atoms with Gasteiger partial charge in [-0.3, -0.25) is 9.69 Å². The zero-order chi connectivity index (χ0) is 16.9. The number of hydrogen-bond donors (Lipinski definition) is 0. The van der Waals surface area contributed by atoms with Gasteiger partial charge in [-0.25, -0.2) is 0 Å². The van der Waals surface area contributed by atoms with Crippen molar-refractivity contribution >= 4 is 5.91 Å². The first-order chi connectivity index (χ1) is 11.7. The first-order valence-electron chi connectivity index (χ1n) is 9.11. The van der Waals surface area contributed by atoms with Gasteiger partial charge in [-0.2, -0.15) is 4.98 Å². The number of carbonyl (C=O) groups is 1. The first kappa shape index (κ1) is 17.4. The number of likely N-dealkylation sites (tertiary alicyclic amines) is 1. The molecule has 2 aliphatic rings. The molecule has 3 rings (SSSR count). The lowest BCUT2D eigenvalue weighted by molar-refractivity contribution is -0.140. The minimum atomic E-state index is -0.203. The molecule has 0 spiro atoms. The summed E-state index contributed by atoms with van der Waals surface area (Å²) in [4.78, 5) is 21.3. The van der Waals surface area contributed by atoms with Crippen LogP contribution in [0.2, 0.25) is 0 Å². The van der Waals surface area contributed by atoms with Crippen LogP contribution >= 0.6 is 0 Å². The Hall–Kier alpha value is -1.47. The van der Waals surface area contributed by atoms with Crippen LogP contribution in [0.15, 0.2) is 4.52 Å². The zero-order valence-electron chi connectivity index (χ0n) is 14.7. The van der Waals surface area contributed by atoms with Gasteiger partial charge in [0.1, 0.15) is 6.10 Å². The number of hydrogen-bond acceptors (Lipinski definition) is 6. The summed E-state index contributed by atoms with van der Waals surface area (Å²) in [5.41, 5.74) is 0. The smallest absolute Gasteiger partial charge is 0.251 e. The van der Waals surface area contributed by atoms with Gasteiger partial charge in [0.05, 0.1) is 6.54 Å². The number of nitrogens with zero attached hydrogens (tertiary/aromatic N) is 4. The van der Waals surface area contributed by atoms with E-state index in [0.717, 1.165) is 64.2 Å². The van der Waals surface area contributed by atoms with Crippen LogP contribution in [0.1, 0.15) is 50.7 Å². The maximum atomic E-state index is 12.5. The molecule has 24 heavy (non-hydrogen) atoms. The van der Waals surface area contributed by atoms with E-state index in [2.05, 4.69) is 22.0 Å². The van der Waals surface area contributed by atoms with Crippen LogP contribution in [-0.4, -0.2) is 64.2 Å². The molecule has 0 bridgehead atoms. The molecular formula is C17H28N4O3. The minimum absolute atomic E-state index is 0.185. The second-order valence-corrected chi connectivity index (χ2v) is 6.70. The zero-order valence-corrected chi connectivity index (χ0v) is 14.7. The standard InChI is InChI=1S/C17H28N4O3/c1-3-20(12-16-18-13(2)24-19-16)14-6-4-9-21(10-8-14)17(22)15-7-5-11-23-15/h14-15H,3-12H2,1-2H3/t14?,15-/m1/s1. The van der Waals surface area contributed by atoms with Crippen molar-refractivity contribution < 1.29 is 14.1 Å². The van der Waals surface area contributed by atoms with Gasteiger partial charge in [-0.1, -0.05) is 12.1 Å². The fraction of sp³-hybridized carbons (Fsp3) is 0.824. The number of ether oxygens (including phenoxy) is 1. The predicted octanol–water partition coefficient (Wildman–Crippen LogP) is 1.76. The molecule has 1 unspecified atom stereocenters. The number of aryl methyl sites for hydroxylation is 1. The van der Waals surface area contributed by atoms with Crippen LogP contribution in [0.3, 0.4) is 0 Å². The summed E-state index contributed by atoms with van der Waals surface area (Å²) in [6.45, 7) is 8.00. The monoisotopic (exact) mass is 336 g/mol. The molecule has 2 fully saturated rings. The number of carbonyl (C=O) groups excluding carboxylic acids is 1. The van der Waals surface area contributed by atoms with Gasteiger partial charge in [-0.15, -0.1) is 0 Å². The number of aromatic nitrogens is 2. The molecule has 2 aliphatic heterocycles. The van der Waals surface area contributed by atoms with Crippen LogP contribution in [0, 0.1) is 6.92 Å². The van der Waals surface area contributed by atoms with Gasteiger partial charge < -0.3 is 14.2 Å². The summed E-state index contributed by atoms with van der Waals surface area (Å²) in [5.74, 6) is 1.53. The Morgan fingerprint density at radius 2 is 2.17 bits per heavy atom. The SMILES string of the molecule is CCN(Cc1noc(C)n1)C1CCCN(C(=O)[C@H]2CCCO2)CC1. The Labute approximate surface area is 143 Å². The van der Waals surface area contributed by atoms with E-state index in [1.54, 1.807) is 0 Å². The van der Waals surface area contributed by atoms with Crippen LogP contribution in [0.4, 0.5) is 0 Å². The highest BCUT2D eigenvalue weighted by molar-refractivity contribution is 5.81. The molecule has 1 aromatic heterocycles. The molecule has 3 heterocycles. The van der Waals surface area contributed by atoms with Crippen molar-refractivity contribution in [2.75, 3.05) is 26.2 Å². The van der Waals surface area contributed by atoms with Crippen LogP contribution in [-0.2, 0) is 16.1 Å². The maximum absolute atomic E-state index is 12.5. The van der Waals surface area contributed by atoms with E-state index in [9.17, 15) is 4.79 Å². The van der Waals surface area contributed by atoms with Crippen molar-refractivity contribution in [2.45, 2.75) is 64.6 Å². The predicted molar refractivity (Wildman–Crippen MR) is 88.3 cm³/mol. The molecular weight excluding hydrogens is 308 g/mol. The van der Waals surface area contributed by atoms with E-state index in [0.29, 0.717) is 18.5 Å². The summed E-state index contributed by atoms with van der Waals surface area (Å²) < 4.78 is 10.6. The van der Waals surface area contributed by atoms with Gasteiger partial charge in [0, 0.05) is 32.7 Å².